The van der Waals surface area contributed by atoms with Crippen molar-refractivity contribution in [3.8, 4) is 11.8 Å². The summed E-state index contributed by atoms with van der Waals surface area (Å²) in [4.78, 5) is 17.3. The van der Waals surface area contributed by atoms with Crippen LogP contribution in [0.3, 0.4) is 0 Å². The molecule has 0 aromatic carbocycles. The van der Waals surface area contributed by atoms with Crippen molar-refractivity contribution < 1.29 is 9.63 Å². The van der Waals surface area contributed by atoms with E-state index in [4.69, 9.17) is 4.84 Å². The molecule has 2 aliphatic rings. The van der Waals surface area contributed by atoms with Crippen LogP contribution in [0.2, 0.25) is 0 Å². The average molecular weight is 446 g/mol. The van der Waals surface area contributed by atoms with Gasteiger partial charge in [0, 0.05) is 25.3 Å². The van der Waals surface area contributed by atoms with Gasteiger partial charge in [-0.25, -0.2) is 5.06 Å². The standard InChI is InChI=1S/C29H51NO2/c1-30(32-2)29(31)25-28-21-14-10-13-19-27(20-15-16-22-28)24-23-26-17-11-8-6-4-3-5-7-9-12-18-26/h26-28H,3-22,25H2,1-2H3. The fourth-order valence-corrected chi connectivity index (χ4v) is 5.48. The molecule has 2 unspecified atom stereocenters. The Morgan fingerprint density at radius 2 is 1.00 bits per heavy atom. The molecule has 2 atom stereocenters. The lowest BCUT2D eigenvalue weighted by atomic mass is 9.91. The van der Waals surface area contributed by atoms with Crippen LogP contribution in [0.5, 0.6) is 0 Å². The van der Waals surface area contributed by atoms with E-state index in [1.54, 1.807) is 14.2 Å². The zero-order valence-corrected chi connectivity index (χ0v) is 21.3. The van der Waals surface area contributed by atoms with Gasteiger partial charge in [-0.1, -0.05) is 102 Å². The Hall–Kier alpha value is -1.01. The third kappa shape index (κ3) is 12.3. The molecule has 2 rings (SSSR count). The molecule has 1 amide bonds. The summed E-state index contributed by atoms with van der Waals surface area (Å²) in [5.74, 6) is 9.42. The second-order valence-corrected chi connectivity index (χ2v) is 10.5. The molecule has 3 heteroatoms. The maximum absolute atomic E-state index is 12.3. The number of nitrogens with zero attached hydrogens (tertiary/aromatic N) is 1. The van der Waals surface area contributed by atoms with Crippen molar-refractivity contribution in [3.05, 3.63) is 0 Å². The third-order valence-corrected chi connectivity index (χ3v) is 7.77. The summed E-state index contributed by atoms with van der Waals surface area (Å²) in [6, 6.07) is 0. The molecule has 0 radical (unpaired) electrons. The van der Waals surface area contributed by atoms with Crippen molar-refractivity contribution in [1.29, 1.82) is 0 Å². The lowest BCUT2D eigenvalue weighted by Gasteiger charge is -2.19. The highest BCUT2D eigenvalue weighted by Gasteiger charge is 2.18. The predicted octanol–water partition coefficient (Wildman–Crippen LogP) is 8.08. The maximum atomic E-state index is 12.3. The molecule has 3 nitrogen and oxygen atoms in total. The van der Waals surface area contributed by atoms with E-state index in [-0.39, 0.29) is 5.91 Å². The van der Waals surface area contributed by atoms with Gasteiger partial charge in [0.2, 0.25) is 5.91 Å². The molecule has 2 saturated carbocycles. The van der Waals surface area contributed by atoms with Crippen molar-refractivity contribution in [2.75, 3.05) is 14.2 Å². The molecule has 0 aromatic heterocycles. The van der Waals surface area contributed by atoms with Crippen LogP contribution in [0.15, 0.2) is 0 Å². The van der Waals surface area contributed by atoms with E-state index in [9.17, 15) is 4.79 Å². The molecule has 184 valence electrons. The normalized spacial score (nSPS) is 25.8. The fraction of sp³-hybridized carbons (Fsp3) is 0.897. The van der Waals surface area contributed by atoms with Gasteiger partial charge in [-0.3, -0.25) is 9.63 Å². The first-order valence-electron chi connectivity index (χ1n) is 14.0. The average Bonchev–Trinajstić information content (AvgIpc) is 2.84. The van der Waals surface area contributed by atoms with Gasteiger partial charge in [0.05, 0.1) is 7.11 Å². The highest BCUT2D eigenvalue weighted by Crippen LogP contribution is 2.27. The lowest BCUT2D eigenvalue weighted by Crippen LogP contribution is -2.27. The van der Waals surface area contributed by atoms with E-state index in [0.717, 1.165) is 0 Å². The molecule has 32 heavy (non-hydrogen) atoms. The van der Waals surface area contributed by atoms with E-state index < -0.39 is 0 Å². The van der Waals surface area contributed by atoms with Gasteiger partial charge >= 0.3 is 0 Å². The van der Waals surface area contributed by atoms with Crippen LogP contribution < -0.4 is 0 Å². The minimum absolute atomic E-state index is 0.119. The molecule has 0 saturated heterocycles. The Morgan fingerprint density at radius 1 is 0.656 bits per heavy atom. The molecular weight excluding hydrogens is 394 g/mol. The van der Waals surface area contributed by atoms with Gasteiger partial charge in [0.1, 0.15) is 0 Å². The number of carbonyl (C=O) groups excluding carboxylic acids is 1. The molecule has 0 heterocycles. The summed E-state index contributed by atoms with van der Waals surface area (Å²) in [5, 5.41) is 1.39. The van der Waals surface area contributed by atoms with Crippen LogP contribution in [0, 0.1) is 29.6 Å². The van der Waals surface area contributed by atoms with Gasteiger partial charge in [0.25, 0.3) is 0 Å². The first-order chi connectivity index (χ1) is 15.7. The summed E-state index contributed by atoms with van der Waals surface area (Å²) in [5.41, 5.74) is 0. The Kier molecular flexibility index (Phi) is 14.9. The predicted molar refractivity (Wildman–Crippen MR) is 135 cm³/mol. The highest BCUT2D eigenvalue weighted by molar-refractivity contribution is 5.75. The van der Waals surface area contributed by atoms with Crippen LogP contribution in [-0.2, 0) is 9.63 Å². The summed E-state index contributed by atoms with van der Waals surface area (Å²) in [6.45, 7) is 0. The van der Waals surface area contributed by atoms with Crippen LogP contribution in [0.1, 0.15) is 135 Å². The number of hydroxylamine groups is 2. The first-order valence-corrected chi connectivity index (χ1v) is 14.0. The molecule has 0 bridgehead atoms. The smallest absolute Gasteiger partial charge is 0.246 e. The van der Waals surface area contributed by atoms with Crippen molar-refractivity contribution >= 4 is 5.91 Å². The van der Waals surface area contributed by atoms with Gasteiger partial charge in [-0.05, 0) is 44.4 Å². The Morgan fingerprint density at radius 3 is 1.47 bits per heavy atom. The van der Waals surface area contributed by atoms with Crippen LogP contribution in [-0.4, -0.2) is 25.1 Å². The molecule has 0 aromatic rings. The van der Waals surface area contributed by atoms with Crippen LogP contribution in [0.4, 0.5) is 0 Å². The van der Waals surface area contributed by atoms with Gasteiger partial charge in [-0.15, -0.1) is 0 Å². The quantitative estimate of drug-likeness (QED) is 0.324. The molecule has 0 N–H and O–H groups in total. The topological polar surface area (TPSA) is 29.5 Å². The third-order valence-electron chi connectivity index (χ3n) is 7.77. The van der Waals surface area contributed by atoms with E-state index >= 15 is 0 Å². The molecule has 0 aliphatic heterocycles. The van der Waals surface area contributed by atoms with Crippen LogP contribution >= 0.6 is 0 Å². The van der Waals surface area contributed by atoms with Gasteiger partial charge in [0.15, 0.2) is 0 Å². The summed E-state index contributed by atoms with van der Waals surface area (Å²) in [7, 11) is 3.29. The summed E-state index contributed by atoms with van der Waals surface area (Å²) in [6.07, 6.45) is 27.2. The monoisotopic (exact) mass is 445 g/mol. The summed E-state index contributed by atoms with van der Waals surface area (Å²) >= 11 is 0. The SMILES string of the molecule is CON(C)C(=O)CC1CCCCCC(C#CC2CCCCCCCCCCC2)CCCC1. The van der Waals surface area contributed by atoms with Gasteiger partial charge in [-0.2, -0.15) is 0 Å². The van der Waals surface area contributed by atoms with Crippen molar-refractivity contribution in [3.63, 3.8) is 0 Å². The number of hydrogen-bond donors (Lipinski definition) is 0. The number of hydrogen-bond acceptors (Lipinski definition) is 2. The Labute approximate surface area is 199 Å². The van der Waals surface area contributed by atoms with Crippen molar-refractivity contribution in [2.24, 2.45) is 17.8 Å². The van der Waals surface area contributed by atoms with Crippen molar-refractivity contribution in [2.45, 2.75) is 135 Å². The second-order valence-electron chi connectivity index (χ2n) is 10.5. The number of rotatable bonds is 3. The summed E-state index contributed by atoms with van der Waals surface area (Å²) < 4.78 is 0. The second kappa shape index (κ2) is 17.5. The largest absolute Gasteiger partial charge is 0.275 e. The highest BCUT2D eigenvalue weighted by atomic mass is 16.7. The molecular formula is C29H51NO2. The Bertz CT molecular complexity index is 537. The maximum Gasteiger partial charge on any atom is 0.246 e. The molecule has 0 spiro atoms. The zero-order chi connectivity index (χ0) is 22.9. The van der Waals surface area contributed by atoms with E-state index in [1.165, 1.54) is 133 Å². The first kappa shape index (κ1) is 27.2. The van der Waals surface area contributed by atoms with E-state index in [0.29, 0.717) is 24.2 Å². The minimum Gasteiger partial charge on any atom is -0.275 e. The number of carbonyl (C=O) groups is 1. The molecule has 2 aliphatic carbocycles. The van der Waals surface area contributed by atoms with Gasteiger partial charge < -0.3 is 0 Å². The zero-order valence-electron chi connectivity index (χ0n) is 21.3. The van der Waals surface area contributed by atoms with Crippen LogP contribution in [0.25, 0.3) is 0 Å². The van der Waals surface area contributed by atoms with E-state index in [1.807, 2.05) is 0 Å². The minimum atomic E-state index is 0.119. The fourth-order valence-electron chi connectivity index (χ4n) is 5.48. The Balaban J connectivity index is 1.82. The number of amides is 1. The lowest BCUT2D eigenvalue weighted by molar-refractivity contribution is -0.169. The van der Waals surface area contributed by atoms with Crippen molar-refractivity contribution in [1.82, 2.24) is 5.06 Å². The van der Waals surface area contributed by atoms with E-state index in [2.05, 4.69) is 11.8 Å². The molecule has 2 fully saturated rings.